The van der Waals surface area contributed by atoms with E-state index in [1.165, 1.54) is 7.11 Å². The Morgan fingerprint density at radius 3 is 2.24 bits per heavy atom. The predicted octanol–water partition coefficient (Wildman–Crippen LogP) is 4.18. The molecule has 0 atom stereocenters. The highest BCUT2D eigenvalue weighted by Gasteiger charge is 2.39. The van der Waals surface area contributed by atoms with Crippen molar-refractivity contribution in [3.05, 3.63) is 52.6 Å². The maximum Gasteiger partial charge on any atom is 0.260 e. The van der Waals surface area contributed by atoms with Crippen molar-refractivity contribution < 1.29 is 32.6 Å². The molecule has 0 bridgehead atoms. The number of piperidine rings is 2. The number of carbonyl (C=O) groups excluding carboxylic acids is 2. The van der Waals surface area contributed by atoms with Gasteiger partial charge in [-0.05, 0) is 73.2 Å². The van der Waals surface area contributed by atoms with Gasteiger partial charge in [0.15, 0.2) is 11.5 Å². The van der Waals surface area contributed by atoms with Gasteiger partial charge in [0.1, 0.15) is 0 Å². The summed E-state index contributed by atoms with van der Waals surface area (Å²) in [5.74, 6) is -1.20. The molecule has 8 nitrogen and oxygen atoms in total. The van der Waals surface area contributed by atoms with E-state index in [2.05, 4.69) is 0 Å². The zero-order chi connectivity index (χ0) is 29.1. The summed E-state index contributed by atoms with van der Waals surface area (Å²) in [5, 5.41) is 0. The van der Waals surface area contributed by atoms with Crippen LogP contribution in [0.4, 0.5) is 8.78 Å². The number of halogens is 2. The van der Waals surface area contributed by atoms with Gasteiger partial charge >= 0.3 is 0 Å². The van der Waals surface area contributed by atoms with Gasteiger partial charge in [-0.1, -0.05) is 6.07 Å². The molecule has 2 saturated heterocycles. The lowest BCUT2D eigenvalue weighted by molar-refractivity contribution is -0.131. The van der Waals surface area contributed by atoms with Crippen LogP contribution in [0, 0.1) is 0 Å². The minimum Gasteiger partial charge on any atom is -0.493 e. The van der Waals surface area contributed by atoms with E-state index in [0.717, 1.165) is 23.1 Å². The number of hydrogen-bond acceptors (Lipinski definition) is 6. The molecule has 10 heteroatoms. The van der Waals surface area contributed by atoms with Crippen molar-refractivity contribution in [1.29, 1.82) is 0 Å². The smallest absolute Gasteiger partial charge is 0.260 e. The zero-order valence-corrected chi connectivity index (χ0v) is 24.1. The molecule has 2 aromatic carbocycles. The summed E-state index contributed by atoms with van der Waals surface area (Å²) >= 11 is 0. The first kappa shape index (κ1) is 29.1. The van der Waals surface area contributed by atoms with Crippen LogP contribution in [0.5, 0.6) is 17.2 Å². The van der Waals surface area contributed by atoms with E-state index >= 15 is 0 Å². The molecule has 2 fully saturated rings. The van der Waals surface area contributed by atoms with Crippen molar-refractivity contribution in [2.24, 2.45) is 0 Å². The SMILES string of the molecule is COc1cc(CC(=O)N2CCc3ccc(C(=O)N4CCC(N5CCCC(F)(F)C5)CC4)cc3C2)cc(OC)c1OC. The molecule has 2 amide bonds. The first-order valence-electron chi connectivity index (χ1n) is 14.3. The zero-order valence-electron chi connectivity index (χ0n) is 24.1. The Kier molecular flexibility index (Phi) is 8.68. The minimum absolute atomic E-state index is 0.0213. The van der Waals surface area contributed by atoms with Crippen molar-refractivity contribution in [3.8, 4) is 17.2 Å². The Morgan fingerprint density at radius 2 is 1.61 bits per heavy atom. The number of amides is 2. The third-order valence-electron chi connectivity index (χ3n) is 8.59. The number of methoxy groups -OCH3 is 3. The van der Waals surface area contributed by atoms with Crippen molar-refractivity contribution >= 4 is 11.8 Å². The molecule has 222 valence electrons. The summed E-state index contributed by atoms with van der Waals surface area (Å²) < 4.78 is 44.0. The summed E-state index contributed by atoms with van der Waals surface area (Å²) in [4.78, 5) is 32.2. The predicted molar refractivity (Wildman–Crippen MR) is 150 cm³/mol. The molecule has 0 unspecified atom stereocenters. The van der Waals surface area contributed by atoms with Crippen LogP contribution in [0.2, 0.25) is 0 Å². The highest BCUT2D eigenvalue weighted by molar-refractivity contribution is 5.94. The highest BCUT2D eigenvalue weighted by Crippen LogP contribution is 2.38. The summed E-state index contributed by atoms with van der Waals surface area (Å²) in [6.07, 6.45) is 2.79. The van der Waals surface area contributed by atoms with E-state index in [0.29, 0.717) is 74.8 Å². The lowest BCUT2D eigenvalue weighted by Crippen LogP contribution is -2.52. The topological polar surface area (TPSA) is 71.6 Å². The van der Waals surface area contributed by atoms with Crippen LogP contribution in [0.1, 0.15) is 52.7 Å². The van der Waals surface area contributed by atoms with E-state index in [9.17, 15) is 18.4 Å². The van der Waals surface area contributed by atoms with E-state index in [-0.39, 0.29) is 37.2 Å². The number of fused-ring (bicyclic) bond motifs is 1. The molecule has 3 heterocycles. The quantitative estimate of drug-likeness (QED) is 0.497. The van der Waals surface area contributed by atoms with Crippen LogP contribution in [-0.4, -0.2) is 92.5 Å². The van der Waals surface area contributed by atoms with Crippen LogP contribution in [-0.2, 0) is 24.2 Å². The largest absolute Gasteiger partial charge is 0.493 e. The molecule has 0 N–H and O–H groups in total. The summed E-state index contributed by atoms with van der Waals surface area (Å²) in [6, 6.07) is 9.44. The molecule has 3 aliphatic rings. The van der Waals surface area contributed by atoms with Crippen molar-refractivity contribution in [2.75, 3.05) is 54.1 Å². The average molecular weight is 572 g/mol. The number of benzene rings is 2. The maximum atomic E-state index is 13.9. The van der Waals surface area contributed by atoms with Crippen LogP contribution in [0.25, 0.3) is 0 Å². The molecule has 0 saturated carbocycles. The first-order valence-corrected chi connectivity index (χ1v) is 14.3. The van der Waals surface area contributed by atoms with Gasteiger partial charge < -0.3 is 24.0 Å². The number of ether oxygens (including phenoxy) is 3. The number of hydrogen-bond donors (Lipinski definition) is 0. The second-order valence-corrected chi connectivity index (χ2v) is 11.2. The normalized spacial score (nSPS) is 19.4. The van der Waals surface area contributed by atoms with Gasteiger partial charge in [-0.2, -0.15) is 0 Å². The van der Waals surface area contributed by atoms with E-state index in [4.69, 9.17) is 14.2 Å². The van der Waals surface area contributed by atoms with Crippen LogP contribution >= 0.6 is 0 Å². The Balaban J connectivity index is 1.21. The minimum atomic E-state index is -2.61. The molecule has 0 spiro atoms. The molecule has 0 aromatic heterocycles. The van der Waals surface area contributed by atoms with Gasteiger partial charge in [-0.3, -0.25) is 14.5 Å². The first-order chi connectivity index (χ1) is 19.7. The van der Waals surface area contributed by atoms with Crippen LogP contribution < -0.4 is 14.2 Å². The Morgan fingerprint density at radius 1 is 0.902 bits per heavy atom. The number of rotatable bonds is 7. The van der Waals surface area contributed by atoms with Crippen molar-refractivity contribution in [3.63, 3.8) is 0 Å². The van der Waals surface area contributed by atoms with Gasteiger partial charge in [0.05, 0.1) is 34.3 Å². The van der Waals surface area contributed by atoms with Crippen LogP contribution in [0.15, 0.2) is 30.3 Å². The highest BCUT2D eigenvalue weighted by atomic mass is 19.3. The third-order valence-corrected chi connectivity index (χ3v) is 8.59. The second-order valence-electron chi connectivity index (χ2n) is 11.2. The summed E-state index contributed by atoms with van der Waals surface area (Å²) in [6.45, 7) is 2.68. The van der Waals surface area contributed by atoms with E-state index < -0.39 is 5.92 Å². The monoisotopic (exact) mass is 571 g/mol. The summed E-state index contributed by atoms with van der Waals surface area (Å²) in [5.41, 5.74) is 3.48. The third kappa shape index (κ3) is 6.42. The molecule has 0 aliphatic carbocycles. The fourth-order valence-corrected chi connectivity index (χ4v) is 6.35. The number of likely N-dealkylation sites (tertiary alicyclic amines) is 2. The Labute approximate surface area is 240 Å². The molecule has 0 radical (unpaired) electrons. The van der Waals surface area contributed by atoms with Crippen molar-refractivity contribution in [2.45, 2.75) is 57.0 Å². The molecule has 5 rings (SSSR count). The number of alkyl halides is 2. The average Bonchev–Trinajstić information content (AvgIpc) is 2.99. The van der Waals surface area contributed by atoms with Gasteiger partial charge in [0, 0.05) is 44.2 Å². The Hall–Kier alpha value is -3.40. The lowest BCUT2D eigenvalue weighted by atomic mass is 9.95. The number of carbonyl (C=O) groups is 2. The molecule has 41 heavy (non-hydrogen) atoms. The fraction of sp³-hybridized carbons (Fsp3) is 0.548. The standard InChI is InChI=1S/C31H39F2N3O5/c1-39-26-15-21(16-27(40-2)29(26)41-3)17-28(37)35-12-7-22-5-6-23(18-24(22)19-35)30(38)34-13-8-25(9-14-34)36-11-4-10-31(32,33)20-36/h5-6,15-16,18,25H,4,7-14,17,19-20H2,1-3H3. The van der Waals surface area contributed by atoms with Gasteiger partial charge in [0.2, 0.25) is 11.7 Å². The second kappa shape index (κ2) is 12.2. The summed E-state index contributed by atoms with van der Waals surface area (Å²) in [7, 11) is 4.62. The molecule has 3 aliphatic heterocycles. The van der Waals surface area contributed by atoms with Crippen molar-refractivity contribution in [1.82, 2.24) is 14.7 Å². The van der Waals surface area contributed by atoms with E-state index in [1.54, 1.807) is 26.4 Å². The molecular weight excluding hydrogens is 532 g/mol. The van der Waals surface area contributed by atoms with E-state index in [1.807, 2.05) is 32.9 Å². The van der Waals surface area contributed by atoms with Gasteiger partial charge in [-0.15, -0.1) is 0 Å². The van der Waals surface area contributed by atoms with Gasteiger partial charge in [-0.25, -0.2) is 8.78 Å². The Bertz CT molecular complexity index is 1250. The fourth-order valence-electron chi connectivity index (χ4n) is 6.35. The van der Waals surface area contributed by atoms with Crippen LogP contribution in [0.3, 0.4) is 0 Å². The maximum absolute atomic E-state index is 13.9. The van der Waals surface area contributed by atoms with Gasteiger partial charge in [0.25, 0.3) is 11.8 Å². The number of nitrogens with zero attached hydrogens (tertiary/aromatic N) is 3. The lowest BCUT2D eigenvalue weighted by Gasteiger charge is -2.42. The molecular formula is C31H39F2N3O5. The molecule has 2 aromatic rings.